The van der Waals surface area contributed by atoms with Gasteiger partial charge in [0.15, 0.2) is 0 Å². The first-order chi connectivity index (χ1) is 15.3. The van der Waals surface area contributed by atoms with E-state index in [4.69, 9.17) is 9.47 Å². The Labute approximate surface area is 250 Å². The summed E-state index contributed by atoms with van der Waals surface area (Å²) in [5, 5.41) is 0. The van der Waals surface area contributed by atoms with Crippen molar-refractivity contribution >= 4 is 68.2 Å². The molecule has 1 unspecified atom stereocenters. The number of nitrogens with zero attached hydrogens (tertiary/aromatic N) is 3. The number of aromatic nitrogens is 2. The maximum Gasteiger partial charge on any atom is 2.00 e. The summed E-state index contributed by atoms with van der Waals surface area (Å²) in [6.07, 6.45) is 1.50. The monoisotopic (exact) mass is 616 g/mol. The molecule has 0 aliphatic rings. The number of ether oxygens (including phenoxy) is 2. The molecule has 0 amide bonds. The summed E-state index contributed by atoms with van der Waals surface area (Å²) in [5.41, 5.74) is 1.46. The first-order valence-corrected chi connectivity index (χ1v) is 12.7. The SMILES string of the molecule is Br.COc1cccc(C(C)N[S@](=O)C(C)(C)C)n1.COc1cccc(C=N[S@](=O)C(C)(C)C)n1.[CH3-].[H-].[Mg+2]. The van der Waals surface area contributed by atoms with Crippen molar-refractivity contribution in [3.05, 3.63) is 55.2 Å². The molecule has 0 aliphatic carbocycles. The number of halogens is 1. The van der Waals surface area contributed by atoms with Crippen LogP contribution in [0.4, 0.5) is 0 Å². The van der Waals surface area contributed by atoms with E-state index in [0.717, 1.165) is 5.69 Å². The zero-order valence-electron chi connectivity index (χ0n) is 24.0. The van der Waals surface area contributed by atoms with E-state index in [1.165, 1.54) is 6.21 Å². The molecule has 0 aromatic carbocycles. The zero-order chi connectivity index (χ0) is 25.2. The normalized spacial score (nSPS) is 13.5. The van der Waals surface area contributed by atoms with Crippen LogP contribution < -0.4 is 14.2 Å². The number of nitrogens with one attached hydrogen (secondary N) is 1. The molecule has 2 rings (SSSR count). The topological polar surface area (TPSA) is 103 Å². The summed E-state index contributed by atoms with van der Waals surface area (Å²) in [5.74, 6) is 1.09. The second-order valence-electron chi connectivity index (χ2n) is 9.03. The van der Waals surface area contributed by atoms with E-state index in [0.29, 0.717) is 17.5 Å². The van der Waals surface area contributed by atoms with Crippen LogP contribution in [-0.2, 0) is 22.0 Å². The third kappa shape index (κ3) is 14.7. The number of rotatable bonds is 7. The van der Waals surface area contributed by atoms with E-state index in [-0.39, 0.29) is 64.4 Å². The van der Waals surface area contributed by atoms with Gasteiger partial charge in [-0.1, -0.05) is 12.1 Å². The quantitative estimate of drug-likeness (QED) is 0.268. The molecule has 36 heavy (non-hydrogen) atoms. The molecule has 12 heteroatoms. The zero-order valence-corrected chi connectivity index (χ0v) is 27.8. The van der Waals surface area contributed by atoms with Crippen LogP contribution in [0.2, 0.25) is 0 Å². The summed E-state index contributed by atoms with van der Waals surface area (Å²) in [6.45, 7) is 13.4. The molecule has 3 atom stereocenters. The Morgan fingerprint density at radius 2 is 1.44 bits per heavy atom. The van der Waals surface area contributed by atoms with Gasteiger partial charge in [-0.2, -0.15) is 4.40 Å². The largest absolute Gasteiger partial charge is 2.00 e. The summed E-state index contributed by atoms with van der Waals surface area (Å²) in [6, 6.07) is 10.8. The van der Waals surface area contributed by atoms with E-state index in [2.05, 4.69) is 19.1 Å². The maximum absolute atomic E-state index is 11.9. The van der Waals surface area contributed by atoms with Crippen molar-refractivity contribution in [2.75, 3.05) is 14.2 Å². The van der Waals surface area contributed by atoms with Crippen LogP contribution in [0.5, 0.6) is 11.8 Å². The van der Waals surface area contributed by atoms with E-state index in [1.54, 1.807) is 32.4 Å². The van der Waals surface area contributed by atoms with Crippen molar-refractivity contribution in [2.45, 2.75) is 64.0 Å². The smallest absolute Gasteiger partial charge is 1.00 e. The Morgan fingerprint density at radius 3 is 1.92 bits per heavy atom. The van der Waals surface area contributed by atoms with Crippen molar-refractivity contribution < 1.29 is 19.3 Å². The average Bonchev–Trinajstić information content (AvgIpc) is 2.76. The van der Waals surface area contributed by atoms with Gasteiger partial charge in [-0.15, -0.1) is 17.0 Å². The minimum atomic E-state index is -1.26. The van der Waals surface area contributed by atoms with Gasteiger partial charge in [-0.05, 0) is 60.6 Å². The summed E-state index contributed by atoms with van der Waals surface area (Å²) < 4.78 is 40.0. The van der Waals surface area contributed by atoms with Gasteiger partial charge in [-0.3, -0.25) is 0 Å². The Morgan fingerprint density at radius 1 is 0.944 bits per heavy atom. The van der Waals surface area contributed by atoms with Crippen LogP contribution >= 0.6 is 17.0 Å². The minimum absolute atomic E-state index is 0. The first-order valence-electron chi connectivity index (χ1n) is 10.4. The molecule has 0 fully saturated rings. The van der Waals surface area contributed by atoms with E-state index in [9.17, 15) is 8.42 Å². The number of hydrogen-bond donors (Lipinski definition) is 1. The molecule has 0 bridgehead atoms. The van der Waals surface area contributed by atoms with Gasteiger partial charge in [0.1, 0.15) is 11.0 Å². The Balaban J connectivity index is -0.000000266. The molecule has 2 aromatic rings. The Kier molecular flexibility index (Phi) is 20.2. The summed E-state index contributed by atoms with van der Waals surface area (Å²) in [7, 11) is 0.768. The molecule has 0 saturated carbocycles. The van der Waals surface area contributed by atoms with Crippen molar-refractivity contribution in [1.82, 2.24) is 14.7 Å². The van der Waals surface area contributed by atoms with Crippen molar-refractivity contribution in [1.29, 1.82) is 0 Å². The second-order valence-corrected chi connectivity index (χ2v) is 13.0. The van der Waals surface area contributed by atoms with E-state index >= 15 is 0 Å². The molecule has 2 heterocycles. The maximum atomic E-state index is 11.9. The molecule has 202 valence electrons. The second kappa shape index (κ2) is 18.3. The van der Waals surface area contributed by atoms with E-state index < -0.39 is 22.0 Å². The first kappa shape index (κ1) is 39.6. The van der Waals surface area contributed by atoms with Crippen LogP contribution in [0.25, 0.3) is 0 Å². The van der Waals surface area contributed by atoms with Crippen LogP contribution in [0, 0.1) is 7.43 Å². The van der Waals surface area contributed by atoms with E-state index in [1.807, 2.05) is 66.7 Å². The Hall–Kier alpha value is -0.924. The molecule has 8 nitrogen and oxygen atoms in total. The predicted molar refractivity (Wildman–Crippen MR) is 160 cm³/mol. The van der Waals surface area contributed by atoms with Gasteiger partial charge in [0.25, 0.3) is 0 Å². The molecule has 0 saturated heterocycles. The third-order valence-electron chi connectivity index (χ3n) is 4.00. The van der Waals surface area contributed by atoms with Gasteiger partial charge in [0.05, 0.1) is 58.3 Å². The number of hydrogen-bond acceptors (Lipinski definition) is 6. The molecule has 0 spiro atoms. The fraction of sp³-hybridized carbons (Fsp3) is 0.500. The van der Waals surface area contributed by atoms with Crippen LogP contribution in [0.1, 0.15) is 67.3 Å². The minimum Gasteiger partial charge on any atom is -1.00 e. The Bertz CT molecular complexity index is 990. The van der Waals surface area contributed by atoms with Gasteiger partial charge >= 0.3 is 23.1 Å². The van der Waals surface area contributed by atoms with Crippen molar-refractivity contribution in [3.8, 4) is 11.8 Å². The fourth-order valence-electron chi connectivity index (χ4n) is 2.06. The molecule has 0 aliphatic heterocycles. The fourth-order valence-corrected chi connectivity index (χ4v) is 3.38. The van der Waals surface area contributed by atoms with Gasteiger partial charge in [-0.25, -0.2) is 23.1 Å². The number of pyridine rings is 2. The van der Waals surface area contributed by atoms with Crippen LogP contribution in [0.3, 0.4) is 0 Å². The number of methoxy groups -OCH3 is 2. The molecular weight excluding hydrogens is 577 g/mol. The van der Waals surface area contributed by atoms with Gasteiger partial charge < -0.3 is 18.3 Å². The van der Waals surface area contributed by atoms with Crippen molar-refractivity contribution in [3.63, 3.8) is 0 Å². The summed E-state index contributed by atoms with van der Waals surface area (Å²) in [4.78, 5) is 8.45. The van der Waals surface area contributed by atoms with Gasteiger partial charge in [0.2, 0.25) is 11.8 Å². The molecule has 1 N–H and O–H groups in total. The van der Waals surface area contributed by atoms with Gasteiger partial charge in [0, 0.05) is 12.1 Å². The molecular formula is C24H41BrMgN4O4S2. The predicted octanol–water partition coefficient (Wildman–Crippen LogP) is 4.93. The standard InChI is InChI=1S/C12H20N2O2S.C11H16N2O2S.CH3.BrH.Mg.H/c1-9(14-17(15)12(2,3)4)10-7-6-8-11(13-10)16-5;1-11(2,3)16(14)12-8-9-6-5-7-10(13-9)15-4;;;;/h6-9,14H,1-5H3;5-8H,1-4H3;1H3;1H;;/q;;-1;;+2;-1/t9?,17-;16-;;;;/m11..../s1. The average molecular weight is 618 g/mol. The molecule has 2 aromatic heterocycles. The van der Waals surface area contributed by atoms with Crippen molar-refractivity contribution in [2.24, 2.45) is 4.40 Å². The van der Waals surface area contributed by atoms with Crippen LogP contribution in [0.15, 0.2) is 40.8 Å². The van der Waals surface area contributed by atoms with Crippen LogP contribution in [-0.4, -0.2) is 71.4 Å². The third-order valence-corrected chi connectivity index (χ3v) is 7.02. The molecule has 0 radical (unpaired) electrons. The summed E-state index contributed by atoms with van der Waals surface area (Å²) >= 11 is 0.